The molecule has 2 aromatic rings. The lowest BCUT2D eigenvalue weighted by atomic mass is 10.2. The molecule has 1 fully saturated rings. The zero-order chi connectivity index (χ0) is 21.1. The van der Waals surface area contributed by atoms with Crippen molar-refractivity contribution < 1.29 is 28.6 Å². The monoisotopic (exact) mass is 411 g/mol. The van der Waals surface area contributed by atoms with E-state index in [1.165, 1.54) is 7.11 Å². The quantitative estimate of drug-likeness (QED) is 0.566. The van der Waals surface area contributed by atoms with Crippen LogP contribution in [0, 0.1) is 0 Å². The molecule has 1 saturated heterocycles. The van der Waals surface area contributed by atoms with Gasteiger partial charge in [-0.2, -0.15) is 0 Å². The molecule has 0 radical (unpaired) electrons. The fraction of sp³-hybridized carbons (Fsp3) is 0.286. The van der Waals surface area contributed by atoms with E-state index in [9.17, 15) is 14.4 Å². The maximum Gasteiger partial charge on any atom is 0.265 e. The van der Waals surface area contributed by atoms with E-state index in [1.54, 1.807) is 42.5 Å². The highest BCUT2D eigenvalue weighted by Crippen LogP contribution is 2.32. The second kappa shape index (κ2) is 8.42. The first-order valence-electron chi connectivity index (χ1n) is 9.54. The van der Waals surface area contributed by atoms with Gasteiger partial charge in [-0.3, -0.25) is 19.8 Å². The Morgan fingerprint density at radius 3 is 2.67 bits per heavy atom. The van der Waals surface area contributed by atoms with Gasteiger partial charge in [-0.25, -0.2) is 10.3 Å². The van der Waals surface area contributed by atoms with Crippen molar-refractivity contribution in [2.45, 2.75) is 18.9 Å². The van der Waals surface area contributed by atoms with Gasteiger partial charge in [-0.05, 0) is 30.3 Å². The molecule has 0 saturated carbocycles. The highest BCUT2D eigenvalue weighted by molar-refractivity contribution is 6.23. The van der Waals surface area contributed by atoms with Crippen molar-refractivity contribution in [3.05, 3.63) is 48.0 Å². The molecule has 2 aliphatic rings. The van der Waals surface area contributed by atoms with E-state index < -0.39 is 17.9 Å². The van der Waals surface area contributed by atoms with Gasteiger partial charge in [0.05, 0.1) is 32.4 Å². The molecule has 3 amide bonds. The van der Waals surface area contributed by atoms with Crippen LogP contribution in [0.5, 0.6) is 17.2 Å². The normalized spacial score (nSPS) is 18.2. The van der Waals surface area contributed by atoms with Crippen LogP contribution in [0.1, 0.15) is 23.2 Å². The summed E-state index contributed by atoms with van der Waals surface area (Å²) in [7, 11) is 1.47. The highest BCUT2D eigenvalue weighted by Gasteiger charge is 2.40. The highest BCUT2D eigenvalue weighted by atomic mass is 16.5. The van der Waals surface area contributed by atoms with Gasteiger partial charge in [0.2, 0.25) is 5.91 Å². The number of anilines is 1. The number of hydrazine groups is 1. The van der Waals surface area contributed by atoms with E-state index in [-0.39, 0.29) is 12.3 Å². The number of hydrogen-bond donors (Lipinski definition) is 2. The number of nitrogens with zero attached hydrogens (tertiary/aromatic N) is 1. The predicted octanol–water partition coefficient (Wildman–Crippen LogP) is 1.42. The number of rotatable bonds is 5. The molecule has 156 valence electrons. The molecule has 30 heavy (non-hydrogen) atoms. The average molecular weight is 411 g/mol. The predicted molar refractivity (Wildman–Crippen MR) is 107 cm³/mol. The van der Waals surface area contributed by atoms with Gasteiger partial charge in [0.1, 0.15) is 11.8 Å². The zero-order valence-electron chi connectivity index (χ0n) is 16.3. The Hall–Kier alpha value is -3.59. The number of hydrogen-bond acceptors (Lipinski definition) is 7. The number of ether oxygens (including phenoxy) is 3. The van der Waals surface area contributed by atoms with Gasteiger partial charge < -0.3 is 14.2 Å². The summed E-state index contributed by atoms with van der Waals surface area (Å²) in [6.45, 7) is 1.06. The van der Waals surface area contributed by atoms with Crippen molar-refractivity contribution in [3.63, 3.8) is 0 Å². The van der Waals surface area contributed by atoms with Crippen molar-refractivity contribution in [2.24, 2.45) is 0 Å². The van der Waals surface area contributed by atoms with Gasteiger partial charge in [0.25, 0.3) is 11.8 Å². The number of methoxy groups -OCH3 is 1. The van der Waals surface area contributed by atoms with Crippen molar-refractivity contribution in [2.75, 3.05) is 25.2 Å². The van der Waals surface area contributed by atoms with Crippen molar-refractivity contribution in [3.8, 4) is 17.2 Å². The lowest BCUT2D eigenvalue weighted by molar-refractivity contribution is -0.121. The Labute approximate surface area is 172 Å². The second-order valence-electron chi connectivity index (χ2n) is 6.81. The number of carbonyl (C=O) groups is 3. The van der Waals surface area contributed by atoms with Crippen LogP contribution in [-0.4, -0.2) is 44.1 Å². The van der Waals surface area contributed by atoms with E-state index in [4.69, 9.17) is 14.2 Å². The molecule has 0 aromatic heterocycles. The van der Waals surface area contributed by atoms with Crippen molar-refractivity contribution in [1.82, 2.24) is 10.9 Å². The van der Waals surface area contributed by atoms with Crippen molar-refractivity contribution in [1.29, 1.82) is 0 Å². The molecule has 4 rings (SSSR count). The molecule has 9 nitrogen and oxygen atoms in total. The minimum atomic E-state index is -0.883. The summed E-state index contributed by atoms with van der Waals surface area (Å²) < 4.78 is 16.4. The molecule has 1 unspecified atom stereocenters. The van der Waals surface area contributed by atoms with Crippen LogP contribution in [0.4, 0.5) is 5.69 Å². The van der Waals surface area contributed by atoms with Crippen molar-refractivity contribution >= 4 is 23.4 Å². The van der Waals surface area contributed by atoms with E-state index in [1.807, 2.05) is 0 Å². The van der Waals surface area contributed by atoms with Crippen LogP contribution in [-0.2, 0) is 9.59 Å². The largest absolute Gasteiger partial charge is 0.495 e. The van der Waals surface area contributed by atoms with Crippen LogP contribution >= 0.6 is 0 Å². The first-order valence-corrected chi connectivity index (χ1v) is 9.54. The Morgan fingerprint density at radius 2 is 1.87 bits per heavy atom. The Bertz CT molecular complexity index is 992. The lowest BCUT2D eigenvalue weighted by Crippen LogP contribution is -2.48. The Balaban J connectivity index is 1.43. The number of nitrogens with one attached hydrogen (secondary N) is 2. The van der Waals surface area contributed by atoms with Crippen LogP contribution in [0.25, 0.3) is 0 Å². The maximum atomic E-state index is 12.8. The molecule has 2 heterocycles. The third-order valence-electron chi connectivity index (χ3n) is 4.84. The SMILES string of the molecule is COc1ccccc1N1C(=O)CC(NNC(=O)c2ccc3c(c2)OCCCO3)C1=O. The van der Waals surface area contributed by atoms with Crippen LogP contribution in [0.3, 0.4) is 0 Å². The summed E-state index contributed by atoms with van der Waals surface area (Å²) in [5.74, 6) is 0.184. The molecule has 2 aliphatic heterocycles. The average Bonchev–Trinajstić information content (AvgIpc) is 2.92. The topological polar surface area (TPSA) is 106 Å². The molecule has 2 N–H and O–H groups in total. The smallest absolute Gasteiger partial charge is 0.265 e. The molecular formula is C21H21N3O6. The van der Waals surface area contributed by atoms with Gasteiger partial charge in [-0.15, -0.1) is 0 Å². The molecule has 0 aliphatic carbocycles. The maximum absolute atomic E-state index is 12.8. The standard InChI is InChI=1S/C21H21N3O6/c1-28-16-6-3-2-5-15(16)24-19(25)12-14(21(24)27)22-23-20(26)13-7-8-17-18(11-13)30-10-4-9-29-17/h2-3,5-8,11,14,22H,4,9-10,12H2,1H3,(H,23,26). The fourth-order valence-corrected chi connectivity index (χ4v) is 3.34. The Kier molecular flexibility index (Phi) is 5.53. The number of fused-ring (bicyclic) bond motifs is 1. The molecule has 1 atom stereocenters. The zero-order valence-corrected chi connectivity index (χ0v) is 16.3. The molecule has 9 heteroatoms. The summed E-state index contributed by atoms with van der Waals surface area (Å²) in [5, 5.41) is 0. The summed E-state index contributed by atoms with van der Waals surface area (Å²) in [6.07, 6.45) is 0.677. The number of para-hydroxylation sites is 2. The number of imide groups is 1. The first kappa shape index (κ1) is 19.7. The summed E-state index contributed by atoms with van der Waals surface area (Å²) in [5.41, 5.74) is 5.87. The van der Waals surface area contributed by atoms with E-state index in [0.717, 1.165) is 11.3 Å². The molecule has 0 spiro atoms. The number of carbonyl (C=O) groups excluding carboxylic acids is 3. The molecular weight excluding hydrogens is 390 g/mol. The minimum Gasteiger partial charge on any atom is -0.495 e. The van der Waals surface area contributed by atoms with Crippen LogP contribution in [0.2, 0.25) is 0 Å². The second-order valence-corrected chi connectivity index (χ2v) is 6.81. The number of amides is 3. The molecule has 2 aromatic carbocycles. The van der Waals surface area contributed by atoms with E-state index in [0.29, 0.717) is 41.7 Å². The fourth-order valence-electron chi connectivity index (χ4n) is 3.34. The lowest BCUT2D eigenvalue weighted by Gasteiger charge is -2.18. The molecule has 0 bridgehead atoms. The van der Waals surface area contributed by atoms with Gasteiger partial charge in [-0.1, -0.05) is 12.1 Å². The van der Waals surface area contributed by atoms with Gasteiger partial charge in [0.15, 0.2) is 11.5 Å². The first-order chi connectivity index (χ1) is 14.6. The summed E-state index contributed by atoms with van der Waals surface area (Å²) in [6, 6.07) is 10.7. The van der Waals surface area contributed by atoms with Gasteiger partial charge in [0, 0.05) is 12.0 Å². The van der Waals surface area contributed by atoms with E-state index in [2.05, 4.69) is 10.9 Å². The van der Waals surface area contributed by atoms with E-state index >= 15 is 0 Å². The van der Waals surface area contributed by atoms with Crippen LogP contribution in [0.15, 0.2) is 42.5 Å². The van der Waals surface area contributed by atoms with Crippen LogP contribution < -0.4 is 30.0 Å². The van der Waals surface area contributed by atoms with Gasteiger partial charge >= 0.3 is 0 Å². The summed E-state index contributed by atoms with van der Waals surface area (Å²) >= 11 is 0. The Morgan fingerprint density at radius 1 is 1.10 bits per heavy atom. The number of benzene rings is 2. The third-order valence-corrected chi connectivity index (χ3v) is 4.84. The minimum absolute atomic E-state index is 0.0850. The third kappa shape index (κ3) is 3.79. The summed E-state index contributed by atoms with van der Waals surface area (Å²) in [4.78, 5) is 38.8.